The van der Waals surface area contributed by atoms with Crippen molar-refractivity contribution >= 4 is 15.9 Å². The van der Waals surface area contributed by atoms with Gasteiger partial charge < -0.3 is 5.73 Å². The first-order valence-electron chi connectivity index (χ1n) is 7.10. The van der Waals surface area contributed by atoms with E-state index in [0.717, 1.165) is 17.4 Å². The number of likely N-dealkylation sites (tertiary alicyclic amines) is 1. The van der Waals surface area contributed by atoms with E-state index in [2.05, 4.69) is 65.9 Å². The Bertz CT molecular complexity index is 427. The normalized spacial score (nSPS) is 22.4. The van der Waals surface area contributed by atoms with Crippen LogP contribution in [0.25, 0.3) is 0 Å². The molecule has 1 aliphatic rings. The summed E-state index contributed by atoms with van der Waals surface area (Å²) < 4.78 is 1.13. The van der Waals surface area contributed by atoms with Gasteiger partial charge in [-0.15, -0.1) is 0 Å². The zero-order chi connectivity index (χ0) is 14.1. The lowest BCUT2D eigenvalue weighted by atomic mass is 9.87. The molecule has 19 heavy (non-hydrogen) atoms. The second kappa shape index (κ2) is 5.55. The molecule has 1 unspecified atom stereocenters. The number of benzene rings is 1. The van der Waals surface area contributed by atoms with Gasteiger partial charge in [0.2, 0.25) is 0 Å². The quantitative estimate of drug-likeness (QED) is 0.917. The van der Waals surface area contributed by atoms with Gasteiger partial charge in [-0.2, -0.15) is 0 Å². The molecular weight excluding hydrogens is 300 g/mol. The summed E-state index contributed by atoms with van der Waals surface area (Å²) in [5.41, 5.74) is 7.81. The summed E-state index contributed by atoms with van der Waals surface area (Å²) >= 11 is 3.49. The third-order valence-corrected chi connectivity index (χ3v) is 5.02. The first-order valence-corrected chi connectivity index (χ1v) is 7.89. The highest BCUT2D eigenvalue weighted by Gasteiger charge is 2.42. The molecule has 3 heteroatoms. The molecule has 0 spiro atoms. The van der Waals surface area contributed by atoms with Crippen LogP contribution in [0, 0.1) is 0 Å². The predicted molar refractivity (Wildman–Crippen MR) is 85.3 cm³/mol. The van der Waals surface area contributed by atoms with Gasteiger partial charge in [0.1, 0.15) is 0 Å². The highest BCUT2D eigenvalue weighted by Crippen LogP contribution is 2.36. The molecule has 0 aliphatic carbocycles. The standard InChI is InChI=1S/C16H25BrN2/c1-15(2)9-4-10-19(15)16(3,12-18)11-13-5-7-14(17)8-6-13/h5-8H,4,9-12,18H2,1-3H3. The Morgan fingerprint density at radius 2 is 1.95 bits per heavy atom. The molecule has 0 bridgehead atoms. The van der Waals surface area contributed by atoms with E-state index in [1.54, 1.807) is 0 Å². The minimum atomic E-state index is 0.0494. The Morgan fingerprint density at radius 3 is 2.42 bits per heavy atom. The van der Waals surface area contributed by atoms with E-state index < -0.39 is 0 Å². The van der Waals surface area contributed by atoms with E-state index in [1.807, 2.05) is 0 Å². The van der Waals surface area contributed by atoms with Crippen LogP contribution in [0.5, 0.6) is 0 Å². The molecule has 0 amide bonds. The summed E-state index contributed by atoms with van der Waals surface area (Å²) in [6, 6.07) is 8.62. The summed E-state index contributed by atoms with van der Waals surface area (Å²) in [5.74, 6) is 0. The monoisotopic (exact) mass is 324 g/mol. The fourth-order valence-corrected chi connectivity index (χ4v) is 3.69. The van der Waals surface area contributed by atoms with Crippen molar-refractivity contribution in [3.63, 3.8) is 0 Å². The molecule has 2 rings (SSSR count). The molecule has 0 radical (unpaired) electrons. The van der Waals surface area contributed by atoms with E-state index >= 15 is 0 Å². The summed E-state index contributed by atoms with van der Waals surface area (Å²) in [5, 5.41) is 0. The summed E-state index contributed by atoms with van der Waals surface area (Å²) in [4.78, 5) is 2.61. The fraction of sp³-hybridized carbons (Fsp3) is 0.625. The van der Waals surface area contributed by atoms with Crippen molar-refractivity contribution in [2.24, 2.45) is 5.73 Å². The topological polar surface area (TPSA) is 29.3 Å². The van der Waals surface area contributed by atoms with Gasteiger partial charge in [0.25, 0.3) is 0 Å². The van der Waals surface area contributed by atoms with Gasteiger partial charge in [-0.3, -0.25) is 4.90 Å². The molecule has 0 aromatic heterocycles. The van der Waals surface area contributed by atoms with Crippen molar-refractivity contribution < 1.29 is 0 Å². The van der Waals surface area contributed by atoms with Gasteiger partial charge in [0.05, 0.1) is 0 Å². The largest absolute Gasteiger partial charge is 0.329 e. The van der Waals surface area contributed by atoms with Crippen LogP contribution >= 0.6 is 15.9 Å². The SMILES string of the molecule is CC1(C)CCCN1C(C)(CN)Cc1ccc(Br)cc1. The van der Waals surface area contributed by atoms with Gasteiger partial charge in [-0.05, 0) is 64.3 Å². The van der Waals surface area contributed by atoms with E-state index in [9.17, 15) is 0 Å². The number of hydrogen-bond donors (Lipinski definition) is 1. The number of halogens is 1. The maximum atomic E-state index is 6.13. The highest BCUT2D eigenvalue weighted by atomic mass is 79.9. The minimum absolute atomic E-state index is 0.0494. The lowest BCUT2D eigenvalue weighted by Crippen LogP contribution is -2.58. The summed E-state index contributed by atoms with van der Waals surface area (Å²) in [6.07, 6.45) is 3.56. The average Bonchev–Trinajstić information content (AvgIpc) is 2.72. The van der Waals surface area contributed by atoms with Crippen LogP contribution in [0.3, 0.4) is 0 Å². The van der Waals surface area contributed by atoms with Crippen molar-refractivity contribution in [1.82, 2.24) is 4.90 Å². The average molecular weight is 325 g/mol. The third kappa shape index (κ3) is 3.21. The maximum Gasteiger partial charge on any atom is 0.0349 e. The van der Waals surface area contributed by atoms with Gasteiger partial charge in [0, 0.05) is 22.1 Å². The molecule has 106 valence electrons. The molecule has 1 heterocycles. The zero-order valence-electron chi connectivity index (χ0n) is 12.2. The zero-order valence-corrected chi connectivity index (χ0v) is 13.8. The van der Waals surface area contributed by atoms with E-state index in [1.165, 1.54) is 18.4 Å². The van der Waals surface area contributed by atoms with Gasteiger partial charge >= 0.3 is 0 Å². The lowest BCUT2D eigenvalue weighted by Gasteiger charge is -2.46. The Labute approximate surface area is 125 Å². The predicted octanol–water partition coefficient (Wildman–Crippen LogP) is 3.58. The first-order chi connectivity index (χ1) is 8.87. The molecule has 1 aromatic carbocycles. The molecule has 2 nitrogen and oxygen atoms in total. The van der Waals surface area contributed by atoms with Crippen molar-refractivity contribution in [2.45, 2.75) is 51.1 Å². The van der Waals surface area contributed by atoms with E-state index in [0.29, 0.717) is 6.54 Å². The van der Waals surface area contributed by atoms with Crippen molar-refractivity contribution in [3.05, 3.63) is 34.3 Å². The third-order valence-electron chi connectivity index (χ3n) is 4.49. The minimum Gasteiger partial charge on any atom is -0.329 e. The van der Waals surface area contributed by atoms with Crippen LogP contribution < -0.4 is 5.73 Å². The van der Waals surface area contributed by atoms with Crippen LogP contribution in [-0.4, -0.2) is 29.1 Å². The first kappa shape index (κ1) is 15.0. The smallest absolute Gasteiger partial charge is 0.0349 e. The fourth-order valence-electron chi connectivity index (χ4n) is 3.43. The molecule has 1 aliphatic heterocycles. The Kier molecular flexibility index (Phi) is 4.38. The van der Waals surface area contributed by atoms with Crippen molar-refractivity contribution in [3.8, 4) is 0 Å². The summed E-state index contributed by atoms with van der Waals surface area (Å²) in [7, 11) is 0. The Hall–Kier alpha value is -0.380. The van der Waals surface area contributed by atoms with Crippen LogP contribution in [0.1, 0.15) is 39.2 Å². The molecule has 1 atom stereocenters. The van der Waals surface area contributed by atoms with Gasteiger partial charge in [-0.1, -0.05) is 28.1 Å². The number of rotatable bonds is 4. The highest BCUT2D eigenvalue weighted by molar-refractivity contribution is 9.10. The Morgan fingerprint density at radius 1 is 1.32 bits per heavy atom. The maximum absolute atomic E-state index is 6.13. The second-order valence-electron chi connectivity index (χ2n) is 6.57. The van der Waals surface area contributed by atoms with E-state index in [4.69, 9.17) is 5.73 Å². The van der Waals surface area contributed by atoms with Gasteiger partial charge in [0.15, 0.2) is 0 Å². The van der Waals surface area contributed by atoms with Crippen molar-refractivity contribution in [2.75, 3.05) is 13.1 Å². The molecule has 1 saturated heterocycles. The molecule has 2 N–H and O–H groups in total. The molecule has 0 saturated carbocycles. The molecule has 1 aromatic rings. The Balaban J connectivity index is 2.20. The second-order valence-corrected chi connectivity index (χ2v) is 7.49. The number of nitrogens with two attached hydrogens (primary N) is 1. The molecule has 1 fully saturated rings. The van der Waals surface area contributed by atoms with Gasteiger partial charge in [-0.25, -0.2) is 0 Å². The number of nitrogens with zero attached hydrogens (tertiary/aromatic N) is 1. The lowest BCUT2D eigenvalue weighted by molar-refractivity contribution is 0.0478. The summed E-state index contributed by atoms with van der Waals surface area (Å²) in [6.45, 7) is 8.86. The van der Waals surface area contributed by atoms with Crippen molar-refractivity contribution in [1.29, 1.82) is 0 Å². The number of hydrogen-bond acceptors (Lipinski definition) is 2. The molecular formula is C16H25BrN2. The van der Waals surface area contributed by atoms with Crippen LogP contribution in [0.15, 0.2) is 28.7 Å². The van der Waals surface area contributed by atoms with Crippen LogP contribution in [0.4, 0.5) is 0 Å². The van der Waals surface area contributed by atoms with E-state index in [-0.39, 0.29) is 11.1 Å². The van der Waals surface area contributed by atoms with Crippen LogP contribution in [-0.2, 0) is 6.42 Å². The van der Waals surface area contributed by atoms with Crippen LogP contribution in [0.2, 0.25) is 0 Å².